The summed E-state index contributed by atoms with van der Waals surface area (Å²) in [4.78, 5) is 28.1. The third-order valence-corrected chi connectivity index (χ3v) is 1.56. The quantitative estimate of drug-likeness (QED) is 0.504. The Balaban J connectivity index is 0. The molecule has 0 bridgehead atoms. The molecule has 0 spiro atoms. The molecule has 6 nitrogen and oxygen atoms in total. The van der Waals surface area contributed by atoms with Gasteiger partial charge >= 0.3 is 11.9 Å². The van der Waals surface area contributed by atoms with E-state index in [0.717, 1.165) is 11.8 Å². The van der Waals surface area contributed by atoms with Gasteiger partial charge in [0, 0.05) is 10.9 Å². The van der Waals surface area contributed by atoms with Crippen molar-refractivity contribution in [2.24, 2.45) is 0 Å². The fourth-order valence-electron chi connectivity index (χ4n) is 0.342. The number of hydrogen-bond acceptors (Lipinski definition) is 4. The Kier molecular flexibility index (Phi) is 8.33. The van der Waals surface area contributed by atoms with Gasteiger partial charge in [-0.2, -0.15) is 11.3 Å². The fourth-order valence-corrected chi connectivity index (χ4v) is 0.948. The van der Waals surface area contributed by atoms with Crippen LogP contribution in [0.2, 0.25) is 0 Å². The van der Waals surface area contributed by atoms with Crippen molar-refractivity contribution in [2.75, 3.05) is 0 Å². The molecule has 1 rings (SSSR count). The van der Waals surface area contributed by atoms with Gasteiger partial charge in [0.1, 0.15) is 0 Å². The lowest BCUT2D eigenvalue weighted by molar-refractivity contribution is -0.159. The van der Waals surface area contributed by atoms with E-state index < -0.39 is 11.9 Å². The second-order valence-corrected chi connectivity index (χ2v) is 2.56. The summed E-state index contributed by atoms with van der Waals surface area (Å²) >= 11 is 1.53. The second-order valence-electron chi connectivity index (χ2n) is 1.78. The number of carbonyl (C=O) groups is 3. The van der Waals surface area contributed by atoms with Gasteiger partial charge in [0.2, 0.25) is 0 Å². The van der Waals surface area contributed by atoms with E-state index in [1.54, 1.807) is 6.07 Å². The zero-order chi connectivity index (χ0) is 10.3. The van der Waals surface area contributed by atoms with Crippen LogP contribution < -0.4 is 0 Å². The summed E-state index contributed by atoms with van der Waals surface area (Å²) in [6.45, 7) is 0. The summed E-state index contributed by atoms with van der Waals surface area (Å²) in [6, 6.07) is 1.79. The van der Waals surface area contributed by atoms with Gasteiger partial charge < -0.3 is 15.7 Å². The first kappa shape index (κ1) is 14.8. The molecule has 0 aliphatic carbocycles. The van der Waals surface area contributed by atoms with E-state index >= 15 is 0 Å². The Labute approximate surface area is 82.7 Å². The minimum Gasteiger partial charge on any atom is -0.473 e. The van der Waals surface area contributed by atoms with Crippen molar-refractivity contribution >= 4 is 29.6 Å². The number of aldehydes is 1. The van der Waals surface area contributed by atoms with Crippen molar-refractivity contribution in [1.82, 2.24) is 0 Å². The molecule has 0 atom stereocenters. The van der Waals surface area contributed by atoms with Crippen LogP contribution in [0.1, 0.15) is 10.4 Å². The first-order valence-electron chi connectivity index (χ1n) is 3.01. The molecule has 0 aromatic carbocycles. The summed E-state index contributed by atoms with van der Waals surface area (Å²) in [5.74, 6) is -3.65. The molecule has 7 heteroatoms. The number of carbonyl (C=O) groups excluding carboxylic acids is 1. The Hall–Kier alpha value is -1.73. The lowest BCUT2D eigenvalue weighted by Gasteiger charge is -1.72. The summed E-state index contributed by atoms with van der Waals surface area (Å²) in [5.41, 5.74) is 0.769. The average Bonchev–Trinajstić information content (AvgIpc) is 2.56. The van der Waals surface area contributed by atoms with E-state index in [9.17, 15) is 4.79 Å². The highest BCUT2D eigenvalue weighted by Crippen LogP contribution is 2.00. The molecule has 1 aromatic rings. The van der Waals surface area contributed by atoms with Gasteiger partial charge in [0.15, 0.2) is 6.29 Å². The fraction of sp³-hybridized carbons (Fsp3) is 0. The van der Waals surface area contributed by atoms with Gasteiger partial charge in [-0.1, -0.05) is 0 Å². The monoisotopic (exact) mass is 220 g/mol. The molecular formula is C7H8O6S. The lowest BCUT2D eigenvalue weighted by Crippen LogP contribution is -2.09. The Morgan fingerprint density at radius 3 is 1.93 bits per heavy atom. The van der Waals surface area contributed by atoms with Crippen molar-refractivity contribution in [1.29, 1.82) is 0 Å². The van der Waals surface area contributed by atoms with Crippen LogP contribution in [0.4, 0.5) is 0 Å². The van der Waals surface area contributed by atoms with E-state index in [4.69, 9.17) is 19.8 Å². The van der Waals surface area contributed by atoms with Crippen LogP contribution in [0, 0.1) is 0 Å². The number of aliphatic carboxylic acids is 2. The van der Waals surface area contributed by atoms with Crippen molar-refractivity contribution in [3.8, 4) is 0 Å². The number of rotatable bonds is 1. The van der Waals surface area contributed by atoms with Crippen LogP contribution in [0.5, 0.6) is 0 Å². The molecule has 4 N–H and O–H groups in total. The molecule has 0 unspecified atom stereocenters. The molecule has 0 aliphatic heterocycles. The maximum atomic E-state index is 9.87. The maximum Gasteiger partial charge on any atom is 0.414 e. The minimum absolute atomic E-state index is 0. The van der Waals surface area contributed by atoms with Gasteiger partial charge in [0.05, 0.1) is 0 Å². The van der Waals surface area contributed by atoms with Crippen LogP contribution in [0.3, 0.4) is 0 Å². The number of carboxylic acid groups (broad SMARTS) is 2. The van der Waals surface area contributed by atoms with E-state index in [1.165, 1.54) is 11.3 Å². The van der Waals surface area contributed by atoms with Crippen molar-refractivity contribution in [3.05, 3.63) is 22.4 Å². The summed E-state index contributed by atoms with van der Waals surface area (Å²) in [5, 5.41) is 18.5. The lowest BCUT2D eigenvalue weighted by atomic mass is 10.4. The summed E-state index contributed by atoms with van der Waals surface area (Å²) in [7, 11) is 0. The number of hydrogen-bond donors (Lipinski definition) is 2. The average molecular weight is 220 g/mol. The van der Waals surface area contributed by atoms with Crippen LogP contribution in [-0.2, 0) is 9.59 Å². The molecule has 14 heavy (non-hydrogen) atoms. The number of thiophene rings is 1. The van der Waals surface area contributed by atoms with Crippen LogP contribution in [0.15, 0.2) is 16.8 Å². The van der Waals surface area contributed by atoms with Gasteiger partial charge in [-0.15, -0.1) is 0 Å². The molecule has 1 aromatic heterocycles. The standard InChI is InChI=1S/C5H4OS.C2H2O4.H2O/c6-3-5-1-2-7-4-5;3-1(4)2(5)6;/h1-4H;(H,3,4)(H,5,6);1H2. The van der Waals surface area contributed by atoms with Crippen molar-refractivity contribution in [2.45, 2.75) is 0 Å². The first-order chi connectivity index (χ1) is 6.07. The van der Waals surface area contributed by atoms with Crippen LogP contribution >= 0.6 is 11.3 Å². The zero-order valence-corrected chi connectivity index (χ0v) is 7.65. The molecule has 0 saturated heterocycles. The third kappa shape index (κ3) is 6.95. The summed E-state index contributed by atoms with van der Waals surface area (Å²) < 4.78 is 0. The zero-order valence-electron chi connectivity index (χ0n) is 6.84. The van der Waals surface area contributed by atoms with Gasteiger partial charge in [-0.25, -0.2) is 9.59 Å². The number of carboxylic acids is 2. The maximum absolute atomic E-state index is 9.87. The van der Waals surface area contributed by atoms with Crippen molar-refractivity contribution < 1.29 is 30.1 Å². The minimum atomic E-state index is -1.82. The first-order valence-corrected chi connectivity index (χ1v) is 3.95. The molecule has 0 saturated carbocycles. The second kappa shape index (κ2) is 7.90. The summed E-state index contributed by atoms with van der Waals surface area (Å²) in [6.07, 6.45) is 0.844. The van der Waals surface area contributed by atoms with Crippen LogP contribution in [0.25, 0.3) is 0 Å². The highest BCUT2D eigenvalue weighted by Gasteiger charge is 2.04. The largest absolute Gasteiger partial charge is 0.473 e. The predicted molar refractivity (Wildman–Crippen MR) is 48.6 cm³/mol. The van der Waals surface area contributed by atoms with E-state index in [0.29, 0.717) is 0 Å². The molecular weight excluding hydrogens is 212 g/mol. The van der Waals surface area contributed by atoms with Gasteiger partial charge in [-0.05, 0) is 11.4 Å². The molecule has 1 heterocycles. The third-order valence-electron chi connectivity index (χ3n) is 0.862. The SMILES string of the molecule is O.O=C(O)C(=O)O.O=Cc1ccsc1. The van der Waals surface area contributed by atoms with E-state index in [2.05, 4.69) is 0 Å². The Bertz CT molecular complexity index is 279. The normalized spacial score (nSPS) is 7.43. The molecule has 78 valence electrons. The highest BCUT2D eigenvalue weighted by atomic mass is 32.1. The van der Waals surface area contributed by atoms with Crippen LogP contribution in [-0.4, -0.2) is 33.9 Å². The van der Waals surface area contributed by atoms with E-state index in [-0.39, 0.29) is 5.48 Å². The van der Waals surface area contributed by atoms with Gasteiger partial charge in [0.25, 0.3) is 0 Å². The molecule has 0 amide bonds. The topological polar surface area (TPSA) is 123 Å². The van der Waals surface area contributed by atoms with Crippen molar-refractivity contribution in [3.63, 3.8) is 0 Å². The predicted octanol–water partition coefficient (Wildman–Crippen LogP) is -0.109. The highest BCUT2D eigenvalue weighted by molar-refractivity contribution is 7.08. The Morgan fingerprint density at radius 2 is 1.79 bits per heavy atom. The smallest absolute Gasteiger partial charge is 0.414 e. The molecule has 0 radical (unpaired) electrons. The van der Waals surface area contributed by atoms with Gasteiger partial charge in [-0.3, -0.25) is 4.79 Å². The van der Waals surface area contributed by atoms with E-state index in [1.807, 2.05) is 10.8 Å². The Morgan fingerprint density at radius 1 is 1.29 bits per heavy atom. The molecule has 0 aliphatic rings. The molecule has 0 fully saturated rings.